The van der Waals surface area contributed by atoms with E-state index in [2.05, 4.69) is 5.32 Å². The zero-order chi connectivity index (χ0) is 15.2. The smallest absolute Gasteiger partial charge is 0.228 e. The van der Waals surface area contributed by atoms with Crippen LogP contribution in [-0.2, 0) is 11.2 Å². The van der Waals surface area contributed by atoms with Gasteiger partial charge in [0.15, 0.2) is 0 Å². The van der Waals surface area contributed by atoms with Crippen LogP contribution in [0.2, 0.25) is 0 Å². The highest BCUT2D eigenvalue weighted by Crippen LogP contribution is 2.22. The minimum atomic E-state index is -0.384. The fourth-order valence-electron chi connectivity index (χ4n) is 2.13. The van der Waals surface area contributed by atoms with Gasteiger partial charge in [0, 0.05) is 12.5 Å². The molecule has 1 heterocycles. The number of benzene rings is 1. The lowest BCUT2D eigenvalue weighted by Crippen LogP contribution is -2.36. The van der Waals surface area contributed by atoms with Gasteiger partial charge < -0.3 is 9.73 Å². The SMILES string of the molecule is CCC(C)NC(=O)C(Cc1ccco1)c1ccc(F)cc1. The Kier molecular flexibility index (Phi) is 5.14. The first-order valence-corrected chi connectivity index (χ1v) is 7.18. The van der Waals surface area contributed by atoms with E-state index in [0.29, 0.717) is 6.42 Å². The lowest BCUT2D eigenvalue weighted by molar-refractivity contribution is -0.123. The van der Waals surface area contributed by atoms with Gasteiger partial charge in [-0.3, -0.25) is 4.79 Å². The Morgan fingerprint density at radius 1 is 1.29 bits per heavy atom. The molecule has 1 N–H and O–H groups in total. The van der Waals surface area contributed by atoms with Gasteiger partial charge in [-0.15, -0.1) is 0 Å². The molecule has 2 unspecified atom stereocenters. The van der Waals surface area contributed by atoms with E-state index in [1.165, 1.54) is 12.1 Å². The molecular weight excluding hydrogens is 269 g/mol. The number of carbonyl (C=O) groups excluding carboxylic acids is 1. The number of nitrogens with one attached hydrogen (secondary N) is 1. The molecule has 0 spiro atoms. The molecular formula is C17H20FNO2. The largest absolute Gasteiger partial charge is 0.469 e. The van der Waals surface area contributed by atoms with Crippen molar-refractivity contribution in [3.63, 3.8) is 0 Å². The molecule has 0 aliphatic rings. The average Bonchev–Trinajstić information content (AvgIpc) is 2.98. The van der Waals surface area contributed by atoms with E-state index < -0.39 is 0 Å². The Morgan fingerprint density at radius 2 is 2.00 bits per heavy atom. The molecule has 1 aromatic heterocycles. The molecule has 0 saturated heterocycles. The first-order chi connectivity index (χ1) is 10.1. The summed E-state index contributed by atoms with van der Waals surface area (Å²) in [6.45, 7) is 3.98. The number of hydrogen-bond acceptors (Lipinski definition) is 2. The van der Waals surface area contributed by atoms with Crippen molar-refractivity contribution < 1.29 is 13.6 Å². The van der Waals surface area contributed by atoms with E-state index in [1.54, 1.807) is 24.5 Å². The first kappa shape index (κ1) is 15.3. The minimum absolute atomic E-state index is 0.0626. The molecule has 112 valence electrons. The first-order valence-electron chi connectivity index (χ1n) is 7.18. The van der Waals surface area contributed by atoms with Crippen molar-refractivity contribution in [2.24, 2.45) is 0 Å². The zero-order valence-corrected chi connectivity index (χ0v) is 12.3. The van der Waals surface area contributed by atoms with Crippen molar-refractivity contribution in [1.29, 1.82) is 0 Å². The summed E-state index contributed by atoms with van der Waals surface area (Å²) in [5, 5.41) is 2.98. The third kappa shape index (κ3) is 4.18. The van der Waals surface area contributed by atoms with Crippen LogP contribution >= 0.6 is 0 Å². The predicted molar refractivity (Wildman–Crippen MR) is 79.4 cm³/mol. The third-order valence-corrected chi connectivity index (χ3v) is 3.58. The van der Waals surface area contributed by atoms with Gasteiger partial charge in [-0.05, 0) is 43.2 Å². The van der Waals surface area contributed by atoms with Crippen LogP contribution in [0.4, 0.5) is 4.39 Å². The second-order valence-electron chi connectivity index (χ2n) is 5.21. The second-order valence-corrected chi connectivity index (χ2v) is 5.21. The molecule has 4 heteroatoms. The highest BCUT2D eigenvalue weighted by Gasteiger charge is 2.23. The fraction of sp³-hybridized carbons (Fsp3) is 0.353. The normalized spacial score (nSPS) is 13.7. The maximum absolute atomic E-state index is 13.1. The summed E-state index contributed by atoms with van der Waals surface area (Å²) in [5.74, 6) is -0.0143. The summed E-state index contributed by atoms with van der Waals surface area (Å²) < 4.78 is 18.4. The summed E-state index contributed by atoms with van der Waals surface area (Å²) in [5.41, 5.74) is 0.786. The molecule has 0 aliphatic heterocycles. The van der Waals surface area contributed by atoms with Crippen LogP contribution in [0.1, 0.15) is 37.5 Å². The molecule has 0 fully saturated rings. The summed E-state index contributed by atoms with van der Waals surface area (Å²) in [6, 6.07) is 9.80. The maximum atomic E-state index is 13.1. The molecule has 3 nitrogen and oxygen atoms in total. The van der Waals surface area contributed by atoms with Crippen molar-refractivity contribution in [2.75, 3.05) is 0 Å². The molecule has 2 atom stereocenters. The number of carbonyl (C=O) groups is 1. The van der Waals surface area contributed by atoms with Gasteiger partial charge in [0.1, 0.15) is 11.6 Å². The summed E-state index contributed by atoms with van der Waals surface area (Å²) in [7, 11) is 0. The van der Waals surface area contributed by atoms with Crippen LogP contribution < -0.4 is 5.32 Å². The van der Waals surface area contributed by atoms with E-state index in [4.69, 9.17) is 4.42 Å². The molecule has 1 amide bonds. The number of rotatable bonds is 6. The Bertz CT molecular complexity index is 563. The predicted octanol–water partition coefficient (Wildman–Crippen LogP) is 3.66. The van der Waals surface area contributed by atoms with Gasteiger partial charge in [0.05, 0.1) is 12.2 Å². The molecule has 2 aromatic rings. The Balaban J connectivity index is 2.21. The number of amides is 1. The van der Waals surface area contributed by atoms with E-state index in [0.717, 1.165) is 17.7 Å². The molecule has 0 bridgehead atoms. The molecule has 2 rings (SSSR count). The maximum Gasteiger partial charge on any atom is 0.228 e. The quantitative estimate of drug-likeness (QED) is 0.881. The molecule has 21 heavy (non-hydrogen) atoms. The molecule has 0 aliphatic carbocycles. The van der Waals surface area contributed by atoms with Crippen LogP contribution in [0.3, 0.4) is 0 Å². The standard InChI is InChI=1S/C17H20FNO2/c1-3-12(2)19-17(20)16(11-15-5-4-10-21-15)13-6-8-14(18)9-7-13/h4-10,12,16H,3,11H2,1-2H3,(H,19,20). The number of furan rings is 1. The minimum Gasteiger partial charge on any atom is -0.469 e. The van der Waals surface area contributed by atoms with Crippen molar-refractivity contribution >= 4 is 5.91 Å². The van der Waals surface area contributed by atoms with Crippen molar-refractivity contribution in [3.8, 4) is 0 Å². The molecule has 0 radical (unpaired) electrons. The third-order valence-electron chi connectivity index (χ3n) is 3.58. The van der Waals surface area contributed by atoms with E-state index in [1.807, 2.05) is 19.9 Å². The fourth-order valence-corrected chi connectivity index (χ4v) is 2.13. The highest BCUT2D eigenvalue weighted by molar-refractivity contribution is 5.84. The van der Waals surface area contributed by atoms with Crippen molar-refractivity contribution in [3.05, 3.63) is 59.8 Å². The van der Waals surface area contributed by atoms with Crippen LogP contribution in [0, 0.1) is 5.82 Å². The van der Waals surface area contributed by atoms with E-state index >= 15 is 0 Å². The van der Waals surface area contributed by atoms with Gasteiger partial charge in [0.2, 0.25) is 5.91 Å². The van der Waals surface area contributed by atoms with Gasteiger partial charge in [-0.2, -0.15) is 0 Å². The van der Waals surface area contributed by atoms with E-state index in [9.17, 15) is 9.18 Å². The molecule has 1 aromatic carbocycles. The average molecular weight is 289 g/mol. The highest BCUT2D eigenvalue weighted by atomic mass is 19.1. The summed E-state index contributed by atoms with van der Waals surface area (Å²) in [6.07, 6.45) is 2.91. The monoisotopic (exact) mass is 289 g/mol. The van der Waals surface area contributed by atoms with E-state index in [-0.39, 0.29) is 23.7 Å². The van der Waals surface area contributed by atoms with Gasteiger partial charge in [0.25, 0.3) is 0 Å². The van der Waals surface area contributed by atoms with Crippen LogP contribution in [0.5, 0.6) is 0 Å². The summed E-state index contributed by atoms with van der Waals surface area (Å²) >= 11 is 0. The lowest BCUT2D eigenvalue weighted by Gasteiger charge is -2.19. The number of hydrogen-bond donors (Lipinski definition) is 1. The lowest BCUT2D eigenvalue weighted by atomic mass is 9.93. The Morgan fingerprint density at radius 3 is 2.57 bits per heavy atom. The number of halogens is 1. The van der Waals surface area contributed by atoms with Gasteiger partial charge >= 0.3 is 0 Å². The Hall–Kier alpha value is -2.10. The van der Waals surface area contributed by atoms with Gasteiger partial charge in [-0.1, -0.05) is 19.1 Å². The van der Waals surface area contributed by atoms with Crippen LogP contribution in [0.25, 0.3) is 0 Å². The van der Waals surface area contributed by atoms with Crippen LogP contribution in [-0.4, -0.2) is 11.9 Å². The second kappa shape index (κ2) is 7.07. The topological polar surface area (TPSA) is 42.2 Å². The van der Waals surface area contributed by atoms with Crippen molar-refractivity contribution in [1.82, 2.24) is 5.32 Å². The Labute approximate surface area is 124 Å². The molecule has 0 saturated carbocycles. The van der Waals surface area contributed by atoms with Crippen LogP contribution in [0.15, 0.2) is 47.1 Å². The van der Waals surface area contributed by atoms with Crippen molar-refractivity contribution in [2.45, 2.75) is 38.6 Å². The summed E-state index contributed by atoms with van der Waals surface area (Å²) in [4.78, 5) is 12.5. The zero-order valence-electron chi connectivity index (χ0n) is 12.3. The van der Waals surface area contributed by atoms with Gasteiger partial charge in [-0.25, -0.2) is 4.39 Å².